The van der Waals surface area contributed by atoms with Gasteiger partial charge in [-0.1, -0.05) is 12.1 Å². The number of nitrogens with one attached hydrogen (secondary N) is 2. The summed E-state index contributed by atoms with van der Waals surface area (Å²) in [4.78, 5) is 0. The molecule has 2 rings (SSSR count). The van der Waals surface area contributed by atoms with Crippen LogP contribution in [0.5, 0.6) is 0 Å². The van der Waals surface area contributed by atoms with Crippen molar-refractivity contribution in [3.63, 3.8) is 0 Å². The van der Waals surface area contributed by atoms with E-state index in [1.54, 1.807) is 12.1 Å². The number of rotatable bonds is 4. The Hall–Kier alpha value is -1.07. The second-order valence-corrected chi connectivity index (χ2v) is 5.04. The van der Waals surface area contributed by atoms with Crippen LogP contribution in [0.2, 0.25) is 0 Å². The van der Waals surface area contributed by atoms with Crippen LogP contribution in [0, 0.1) is 5.92 Å². The highest BCUT2D eigenvalue weighted by Crippen LogP contribution is 2.33. The number of benzene rings is 1. The van der Waals surface area contributed by atoms with E-state index in [4.69, 9.17) is 0 Å². The Kier molecular flexibility index (Phi) is 4.47. The van der Waals surface area contributed by atoms with Gasteiger partial charge in [0.1, 0.15) is 0 Å². The monoisotopic (exact) mass is 272 g/mol. The van der Waals surface area contributed by atoms with E-state index in [1.165, 1.54) is 12.1 Å². The van der Waals surface area contributed by atoms with Crippen molar-refractivity contribution in [1.29, 1.82) is 0 Å². The minimum absolute atomic E-state index is 0.266. The molecule has 1 aliphatic rings. The first-order valence-corrected chi connectivity index (χ1v) is 6.55. The summed E-state index contributed by atoms with van der Waals surface area (Å²) in [5.74, 6) is 0.756. The van der Waals surface area contributed by atoms with E-state index < -0.39 is 11.7 Å². The molecule has 1 aliphatic heterocycles. The Morgan fingerprint density at radius 3 is 2.47 bits per heavy atom. The van der Waals surface area contributed by atoms with E-state index in [9.17, 15) is 13.2 Å². The smallest absolute Gasteiger partial charge is 0.319 e. The summed E-state index contributed by atoms with van der Waals surface area (Å²) in [6.45, 7) is 2.72. The summed E-state index contributed by atoms with van der Waals surface area (Å²) < 4.78 is 37.6. The number of hydrogen-bond donors (Lipinski definition) is 2. The van der Waals surface area contributed by atoms with E-state index in [0.717, 1.165) is 31.6 Å². The van der Waals surface area contributed by atoms with Crippen LogP contribution in [-0.4, -0.2) is 26.7 Å². The summed E-state index contributed by atoms with van der Waals surface area (Å²) in [6.07, 6.45) is -3.18. The van der Waals surface area contributed by atoms with Crippen LogP contribution in [0.1, 0.15) is 23.5 Å². The van der Waals surface area contributed by atoms with Crippen LogP contribution in [0.3, 0.4) is 0 Å². The fraction of sp³-hybridized carbons (Fsp3) is 0.571. The average molecular weight is 272 g/mol. The van der Waals surface area contributed by atoms with Crippen molar-refractivity contribution in [3.05, 3.63) is 35.4 Å². The van der Waals surface area contributed by atoms with E-state index >= 15 is 0 Å². The van der Waals surface area contributed by atoms with Crippen LogP contribution in [0.4, 0.5) is 13.2 Å². The van der Waals surface area contributed by atoms with Crippen LogP contribution in [0.25, 0.3) is 0 Å². The topological polar surface area (TPSA) is 24.1 Å². The first-order valence-electron chi connectivity index (χ1n) is 6.55. The van der Waals surface area contributed by atoms with Gasteiger partial charge in [-0.2, -0.15) is 13.2 Å². The standard InChI is InChI=1S/C14H19F3N2/c1-18-9-13(11-6-7-19-8-11)10-2-4-12(5-3-10)14(15,16)17/h2-5,11,13,18-19H,6-9H2,1H3. The predicted octanol–water partition coefficient (Wildman–Crippen LogP) is 2.62. The molecule has 19 heavy (non-hydrogen) atoms. The Morgan fingerprint density at radius 2 is 2.00 bits per heavy atom. The summed E-state index contributed by atoms with van der Waals surface area (Å²) in [5.41, 5.74) is 0.403. The molecule has 2 atom stereocenters. The molecular weight excluding hydrogens is 253 g/mol. The largest absolute Gasteiger partial charge is 0.416 e. The van der Waals surface area contributed by atoms with Crippen LogP contribution in [-0.2, 0) is 6.18 Å². The van der Waals surface area contributed by atoms with Gasteiger partial charge in [0.05, 0.1) is 5.56 Å². The van der Waals surface area contributed by atoms with E-state index in [2.05, 4.69) is 10.6 Å². The number of likely N-dealkylation sites (N-methyl/N-ethyl adjacent to an activating group) is 1. The molecule has 2 nitrogen and oxygen atoms in total. The van der Waals surface area contributed by atoms with Gasteiger partial charge in [0.25, 0.3) is 0 Å². The zero-order valence-corrected chi connectivity index (χ0v) is 10.9. The third-order valence-electron chi connectivity index (χ3n) is 3.76. The van der Waals surface area contributed by atoms with Gasteiger partial charge in [-0.15, -0.1) is 0 Å². The molecule has 106 valence electrons. The van der Waals surface area contributed by atoms with Gasteiger partial charge in [0.15, 0.2) is 0 Å². The molecule has 0 aliphatic carbocycles. The molecule has 1 fully saturated rings. The lowest BCUT2D eigenvalue weighted by molar-refractivity contribution is -0.137. The second-order valence-electron chi connectivity index (χ2n) is 5.04. The maximum absolute atomic E-state index is 12.5. The molecular formula is C14H19F3N2. The summed E-state index contributed by atoms with van der Waals surface area (Å²) in [7, 11) is 1.87. The minimum atomic E-state index is -4.26. The zero-order chi connectivity index (χ0) is 13.9. The van der Waals surface area contributed by atoms with E-state index in [1.807, 2.05) is 7.05 Å². The zero-order valence-electron chi connectivity index (χ0n) is 10.9. The molecule has 0 bridgehead atoms. The van der Waals surface area contributed by atoms with Crippen molar-refractivity contribution in [2.75, 3.05) is 26.7 Å². The molecule has 1 saturated heterocycles. The van der Waals surface area contributed by atoms with Crippen LogP contribution in [0.15, 0.2) is 24.3 Å². The third-order valence-corrected chi connectivity index (χ3v) is 3.76. The first-order chi connectivity index (χ1) is 9.02. The molecule has 0 radical (unpaired) electrons. The Morgan fingerprint density at radius 1 is 1.32 bits per heavy atom. The minimum Gasteiger partial charge on any atom is -0.319 e. The van der Waals surface area contributed by atoms with Crippen LogP contribution >= 0.6 is 0 Å². The number of hydrogen-bond acceptors (Lipinski definition) is 2. The molecule has 2 unspecified atom stereocenters. The fourth-order valence-corrected chi connectivity index (χ4v) is 2.72. The van der Waals surface area contributed by atoms with Crippen molar-refractivity contribution in [2.24, 2.45) is 5.92 Å². The van der Waals surface area contributed by atoms with E-state index in [-0.39, 0.29) is 5.92 Å². The Balaban J connectivity index is 2.17. The highest BCUT2D eigenvalue weighted by molar-refractivity contribution is 5.28. The normalized spacial score (nSPS) is 21.6. The van der Waals surface area contributed by atoms with Gasteiger partial charge in [0.2, 0.25) is 0 Å². The van der Waals surface area contributed by atoms with Gasteiger partial charge < -0.3 is 10.6 Å². The highest BCUT2D eigenvalue weighted by Gasteiger charge is 2.31. The lowest BCUT2D eigenvalue weighted by Gasteiger charge is -2.23. The maximum Gasteiger partial charge on any atom is 0.416 e. The SMILES string of the molecule is CNCC(c1ccc(C(F)(F)F)cc1)C1CCNC1. The second kappa shape index (κ2) is 5.92. The molecule has 0 amide bonds. The average Bonchev–Trinajstić information content (AvgIpc) is 2.89. The maximum atomic E-state index is 12.5. The summed E-state index contributed by atoms with van der Waals surface area (Å²) >= 11 is 0. The summed E-state index contributed by atoms with van der Waals surface area (Å²) in [5, 5.41) is 6.45. The van der Waals surface area contributed by atoms with Gasteiger partial charge in [-0.05, 0) is 50.2 Å². The van der Waals surface area contributed by atoms with Gasteiger partial charge in [-0.25, -0.2) is 0 Å². The lowest BCUT2D eigenvalue weighted by atomic mass is 9.85. The molecule has 1 aromatic rings. The van der Waals surface area contributed by atoms with Crippen molar-refractivity contribution < 1.29 is 13.2 Å². The summed E-state index contributed by atoms with van der Waals surface area (Å²) in [6, 6.07) is 5.59. The molecule has 0 spiro atoms. The highest BCUT2D eigenvalue weighted by atomic mass is 19.4. The van der Waals surface area contributed by atoms with Crippen molar-refractivity contribution >= 4 is 0 Å². The van der Waals surface area contributed by atoms with Crippen molar-refractivity contribution in [3.8, 4) is 0 Å². The van der Waals surface area contributed by atoms with Gasteiger partial charge >= 0.3 is 6.18 Å². The number of alkyl halides is 3. The van der Waals surface area contributed by atoms with Crippen LogP contribution < -0.4 is 10.6 Å². The predicted molar refractivity (Wildman–Crippen MR) is 69.1 cm³/mol. The molecule has 1 aromatic carbocycles. The first kappa shape index (κ1) is 14.3. The van der Waals surface area contributed by atoms with Gasteiger partial charge in [0, 0.05) is 12.5 Å². The molecule has 1 heterocycles. The molecule has 5 heteroatoms. The van der Waals surface area contributed by atoms with Crippen molar-refractivity contribution in [2.45, 2.75) is 18.5 Å². The Bertz CT molecular complexity index is 394. The molecule has 0 saturated carbocycles. The quantitative estimate of drug-likeness (QED) is 0.880. The Labute approximate surface area is 111 Å². The fourth-order valence-electron chi connectivity index (χ4n) is 2.72. The van der Waals surface area contributed by atoms with Crippen molar-refractivity contribution in [1.82, 2.24) is 10.6 Å². The molecule has 0 aromatic heterocycles. The molecule has 2 N–H and O–H groups in total. The van der Waals surface area contributed by atoms with Gasteiger partial charge in [-0.3, -0.25) is 0 Å². The third kappa shape index (κ3) is 3.48. The number of halogens is 3. The van der Waals surface area contributed by atoms with E-state index in [0.29, 0.717) is 5.92 Å². The lowest BCUT2D eigenvalue weighted by Crippen LogP contribution is -2.25.